The van der Waals surface area contributed by atoms with Gasteiger partial charge in [0.15, 0.2) is 0 Å². The standard InChI is InChI=1S/C17H17F3N4O2/c18-17(19,20)14-5-2-1-4-12(14)9-23-10-13(8-16(23)26)22-15(25)11-24-7-3-6-21-24/h1-7,13H,8-11H2,(H,22,25)/t13-/m1/s1. The fourth-order valence-electron chi connectivity index (χ4n) is 2.98. The van der Waals surface area contributed by atoms with Gasteiger partial charge >= 0.3 is 6.18 Å². The molecule has 6 nitrogen and oxygen atoms in total. The lowest BCUT2D eigenvalue weighted by molar-refractivity contribution is -0.139. The molecule has 1 fully saturated rings. The zero-order valence-electron chi connectivity index (χ0n) is 13.7. The highest BCUT2D eigenvalue weighted by atomic mass is 19.4. The largest absolute Gasteiger partial charge is 0.416 e. The van der Waals surface area contributed by atoms with Crippen LogP contribution in [0.25, 0.3) is 0 Å². The average molecular weight is 366 g/mol. The molecule has 2 heterocycles. The van der Waals surface area contributed by atoms with Crippen LogP contribution < -0.4 is 5.32 Å². The quantitative estimate of drug-likeness (QED) is 0.878. The van der Waals surface area contributed by atoms with E-state index in [9.17, 15) is 22.8 Å². The van der Waals surface area contributed by atoms with Crippen LogP contribution in [0.1, 0.15) is 17.5 Å². The van der Waals surface area contributed by atoms with E-state index in [0.29, 0.717) is 0 Å². The van der Waals surface area contributed by atoms with E-state index in [2.05, 4.69) is 10.4 Å². The third-order valence-electron chi connectivity index (χ3n) is 4.13. The Morgan fingerprint density at radius 3 is 2.73 bits per heavy atom. The lowest BCUT2D eigenvalue weighted by Crippen LogP contribution is -2.39. The summed E-state index contributed by atoms with van der Waals surface area (Å²) >= 11 is 0. The Labute approximate surface area is 147 Å². The van der Waals surface area contributed by atoms with Gasteiger partial charge in [0, 0.05) is 31.9 Å². The molecular formula is C17H17F3N4O2. The zero-order valence-corrected chi connectivity index (χ0v) is 13.7. The van der Waals surface area contributed by atoms with Gasteiger partial charge < -0.3 is 10.2 Å². The second-order valence-electron chi connectivity index (χ2n) is 6.10. The van der Waals surface area contributed by atoms with Crippen molar-refractivity contribution in [3.63, 3.8) is 0 Å². The number of amides is 2. The van der Waals surface area contributed by atoms with Crippen molar-refractivity contribution in [2.75, 3.05) is 6.54 Å². The highest BCUT2D eigenvalue weighted by Gasteiger charge is 2.35. The number of benzene rings is 1. The van der Waals surface area contributed by atoms with Crippen LogP contribution in [0, 0.1) is 0 Å². The zero-order chi connectivity index (χ0) is 18.7. The van der Waals surface area contributed by atoms with E-state index in [1.807, 2.05) is 0 Å². The number of hydrogen-bond donors (Lipinski definition) is 1. The first-order valence-electron chi connectivity index (χ1n) is 8.02. The van der Waals surface area contributed by atoms with Crippen LogP contribution in [0.4, 0.5) is 13.2 Å². The van der Waals surface area contributed by atoms with E-state index in [-0.39, 0.29) is 43.4 Å². The number of alkyl halides is 3. The first-order valence-corrected chi connectivity index (χ1v) is 8.02. The molecule has 9 heteroatoms. The Kier molecular flexibility index (Phi) is 4.97. The van der Waals surface area contributed by atoms with Gasteiger partial charge in [-0.05, 0) is 17.7 Å². The molecule has 2 aromatic rings. The molecule has 0 saturated carbocycles. The lowest BCUT2D eigenvalue weighted by atomic mass is 10.1. The molecule has 0 radical (unpaired) electrons. The van der Waals surface area contributed by atoms with Gasteiger partial charge in [-0.1, -0.05) is 18.2 Å². The molecule has 1 N–H and O–H groups in total. The monoisotopic (exact) mass is 366 g/mol. The maximum Gasteiger partial charge on any atom is 0.416 e. The van der Waals surface area contributed by atoms with Crippen LogP contribution >= 0.6 is 0 Å². The van der Waals surface area contributed by atoms with Crippen molar-refractivity contribution in [2.45, 2.75) is 31.7 Å². The number of nitrogens with one attached hydrogen (secondary N) is 1. The SMILES string of the molecule is O=C(Cn1cccn1)N[C@@H]1CC(=O)N(Cc2ccccc2C(F)(F)F)C1. The normalized spacial score (nSPS) is 17.6. The van der Waals surface area contributed by atoms with Crippen molar-refractivity contribution in [3.05, 3.63) is 53.9 Å². The summed E-state index contributed by atoms with van der Waals surface area (Å²) in [5, 5.41) is 6.64. The molecule has 1 aliphatic heterocycles. The predicted octanol–water partition coefficient (Wildman–Crippen LogP) is 1.82. The molecule has 1 saturated heterocycles. The number of nitrogens with zero attached hydrogens (tertiary/aromatic N) is 3. The van der Waals surface area contributed by atoms with Crippen LogP contribution in [0.3, 0.4) is 0 Å². The van der Waals surface area contributed by atoms with Gasteiger partial charge in [0.1, 0.15) is 6.54 Å². The first-order chi connectivity index (χ1) is 12.3. The summed E-state index contributed by atoms with van der Waals surface area (Å²) < 4.78 is 40.7. The Balaban J connectivity index is 1.61. The number of rotatable bonds is 5. The second kappa shape index (κ2) is 7.19. The number of hydrogen-bond acceptors (Lipinski definition) is 3. The minimum absolute atomic E-state index is 0.0224. The predicted molar refractivity (Wildman–Crippen MR) is 85.6 cm³/mol. The smallest absolute Gasteiger partial charge is 0.349 e. The fraction of sp³-hybridized carbons (Fsp3) is 0.353. The molecule has 1 atom stereocenters. The Bertz CT molecular complexity index is 790. The lowest BCUT2D eigenvalue weighted by Gasteiger charge is -2.20. The summed E-state index contributed by atoms with van der Waals surface area (Å²) in [5.74, 6) is -0.588. The second-order valence-corrected chi connectivity index (χ2v) is 6.10. The maximum atomic E-state index is 13.1. The van der Waals surface area contributed by atoms with E-state index in [1.54, 1.807) is 18.5 Å². The van der Waals surface area contributed by atoms with E-state index in [0.717, 1.165) is 6.07 Å². The van der Waals surface area contributed by atoms with Crippen LogP contribution in [0.2, 0.25) is 0 Å². The molecule has 3 rings (SSSR count). The third kappa shape index (κ3) is 4.22. The molecule has 26 heavy (non-hydrogen) atoms. The van der Waals surface area contributed by atoms with Crippen molar-refractivity contribution >= 4 is 11.8 Å². The minimum Gasteiger partial charge on any atom is -0.349 e. The molecule has 0 unspecified atom stereocenters. The molecule has 1 aromatic carbocycles. The van der Waals surface area contributed by atoms with E-state index < -0.39 is 17.8 Å². The topological polar surface area (TPSA) is 67.2 Å². The summed E-state index contributed by atoms with van der Waals surface area (Å²) in [7, 11) is 0. The van der Waals surface area contributed by atoms with Gasteiger partial charge in [-0.25, -0.2) is 0 Å². The molecule has 0 spiro atoms. The third-order valence-corrected chi connectivity index (χ3v) is 4.13. The Morgan fingerprint density at radius 1 is 1.27 bits per heavy atom. The molecular weight excluding hydrogens is 349 g/mol. The number of carbonyl (C=O) groups excluding carboxylic acids is 2. The summed E-state index contributed by atoms with van der Waals surface area (Å²) in [6.07, 6.45) is -1.22. The van der Waals surface area contributed by atoms with Crippen LogP contribution in [0.5, 0.6) is 0 Å². The molecule has 1 aromatic heterocycles. The summed E-state index contributed by atoms with van der Waals surface area (Å²) in [6.45, 7) is 0.0600. The van der Waals surface area contributed by atoms with Crippen molar-refractivity contribution < 1.29 is 22.8 Å². The number of aromatic nitrogens is 2. The Morgan fingerprint density at radius 2 is 2.04 bits per heavy atom. The molecule has 1 aliphatic rings. The fourth-order valence-corrected chi connectivity index (χ4v) is 2.98. The summed E-state index contributed by atoms with van der Waals surface area (Å²) in [6, 6.07) is 6.44. The number of carbonyl (C=O) groups is 2. The van der Waals surface area contributed by atoms with Gasteiger partial charge in [0.05, 0.1) is 11.6 Å². The van der Waals surface area contributed by atoms with Crippen molar-refractivity contribution in [1.82, 2.24) is 20.0 Å². The average Bonchev–Trinajstić information content (AvgIpc) is 3.17. The van der Waals surface area contributed by atoms with Crippen LogP contribution in [-0.2, 0) is 28.9 Å². The van der Waals surface area contributed by atoms with Gasteiger partial charge in [-0.15, -0.1) is 0 Å². The highest BCUT2D eigenvalue weighted by molar-refractivity contribution is 5.82. The summed E-state index contributed by atoms with van der Waals surface area (Å²) in [4.78, 5) is 25.4. The summed E-state index contributed by atoms with van der Waals surface area (Å²) in [5.41, 5.74) is -0.712. The highest BCUT2D eigenvalue weighted by Crippen LogP contribution is 2.32. The molecule has 2 amide bonds. The van der Waals surface area contributed by atoms with Crippen LogP contribution in [0.15, 0.2) is 42.7 Å². The van der Waals surface area contributed by atoms with E-state index in [4.69, 9.17) is 0 Å². The van der Waals surface area contributed by atoms with Gasteiger partial charge in [-0.2, -0.15) is 18.3 Å². The maximum absolute atomic E-state index is 13.1. The van der Waals surface area contributed by atoms with Gasteiger partial charge in [0.2, 0.25) is 11.8 Å². The molecule has 0 bridgehead atoms. The van der Waals surface area contributed by atoms with Crippen molar-refractivity contribution in [2.24, 2.45) is 0 Å². The van der Waals surface area contributed by atoms with E-state index in [1.165, 1.54) is 27.8 Å². The Hall–Kier alpha value is -2.84. The number of likely N-dealkylation sites (tertiary alicyclic amines) is 1. The van der Waals surface area contributed by atoms with Crippen molar-refractivity contribution in [3.8, 4) is 0 Å². The first kappa shape index (κ1) is 18.0. The molecule has 0 aliphatic carbocycles. The van der Waals surface area contributed by atoms with Gasteiger partial charge in [0.25, 0.3) is 0 Å². The minimum atomic E-state index is -4.48. The molecule has 138 valence electrons. The van der Waals surface area contributed by atoms with Gasteiger partial charge in [-0.3, -0.25) is 14.3 Å². The van der Waals surface area contributed by atoms with Crippen molar-refractivity contribution in [1.29, 1.82) is 0 Å². The van der Waals surface area contributed by atoms with E-state index >= 15 is 0 Å². The number of halogens is 3. The van der Waals surface area contributed by atoms with Crippen LogP contribution in [-0.4, -0.2) is 39.1 Å².